The Labute approximate surface area is 191 Å². The summed E-state index contributed by atoms with van der Waals surface area (Å²) < 4.78 is 1.80. The minimum absolute atomic E-state index is 0.0287. The summed E-state index contributed by atoms with van der Waals surface area (Å²) in [4.78, 5) is 20.0. The van der Waals surface area contributed by atoms with Gasteiger partial charge in [-0.3, -0.25) is 9.89 Å². The number of nitrogens with zero attached hydrogens (tertiary/aromatic N) is 5. The molecule has 1 aliphatic heterocycles. The Balaban J connectivity index is 1.23. The van der Waals surface area contributed by atoms with Gasteiger partial charge in [0.15, 0.2) is 11.6 Å². The minimum Gasteiger partial charge on any atom is -0.393 e. The normalized spacial score (nSPS) is 25.5. The number of hydrogen-bond acceptors (Lipinski definition) is 7. The number of aliphatic hydroxyl groups excluding tert-OH is 1. The van der Waals surface area contributed by atoms with Crippen molar-refractivity contribution in [2.75, 3.05) is 16.8 Å². The molecule has 1 amide bonds. The number of fused-ring (bicyclic) bond motifs is 1. The molecular formula is C23H30N8O2. The lowest BCUT2D eigenvalue weighted by Gasteiger charge is -2.29. The number of amides is 1. The molecule has 2 saturated carbocycles. The standard InChI is InChI=1S/C23H30N8O2/c32-16-9-7-15(8-10-16)24-22(33)19-4-1-11-30(19)23-26-21(18-3-2-12-31(18)29-23)25-20-13-17(27-28-20)14-5-6-14/h2-3,12-16,19,32H,1,4-11H2,(H,24,33)(H2,25,26,27,28,29)/t15-,16+,19-/m0/s1. The van der Waals surface area contributed by atoms with Crippen molar-refractivity contribution in [2.45, 2.75) is 75.5 Å². The third-order valence-electron chi connectivity index (χ3n) is 7.10. The molecule has 4 heterocycles. The lowest BCUT2D eigenvalue weighted by Crippen LogP contribution is -2.48. The minimum atomic E-state index is -0.287. The molecule has 0 spiro atoms. The molecule has 0 bridgehead atoms. The highest BCUT2D eigenvalue weighted by atomic mass is 16.3. The Morgan fingerprint density at radius 2 is 2.00 bits per heavy atom. The van der Waals surface area contributed by atoms with Crippen molar-refractivity contribution >= 4 is 29.0 Å². The second kappa shape index (κ2) is 8.33. The molecule has 3 aromatic rings. The Hall–Kier alpha value is -3.14. The summed E-state index contributed by atoms with van der Waals surface area (Å²) in [6.45, 7) is 0.738. The summed E-state index contributed by atoms with van der Waals surface area (Å²) in [7, 11) is 0. The number of nitrogens with one attached hydrogen (secondary N) is 3. The first-order valence-electron chi connectivity index (χ1n) is 12.1. The van der Waals surface area contributed by atoms with Gasteiger partial charge in [0.25, 0.3) is 0 Å². The maximum Gasteiger partial charge on any atom is 0.246 e. The molecule has 2 aliphatic carbocycles. The van der Waals surface area contributed by atoms with Crippen LogP contribution in [-0.2, 0) is 4.79 Å². The first-order chi connectivity index (χ1) is 16.1. The molecule has 1 saturated heterocycles. The van der Waals surface area contributed by atoms with Crippen LogP contribution in [0.2, 0.25) is 0 Å². The van der Waals surface area contributed by atoms with Crippen molar-refractivity contribution in [3.8, 4) is 0 Å². The fourth-order valence-electron chi connectivity index (χ4n) is 5.06. The summed E-state index contributed by atoms with van der Waals surface area (Å²) in [6.07, 6.45) is 8.92. The van der Waals surface area contributed by atoms with E-state index in [1.54, 1.807) is 4.52 Å². The van der Waals surface area contributed by atoms with Crippen molar-refractivity contribution in [2.24, 2.45) is 0 Å². The summed E-state index contributed by atoms with van der Waals surface area (Å²) in [6, 6.07) is 5.79. The smallest absolute Gasteiger partial charge is 0.246 e. The van der Waals surface area contributed by atoms with Crippen molar-refractivity contribution in [3.05, 3.63) is 30.1 Å². The number of carbonyl (C=O) groups is 1. The van der Waals surface area contributed by atoms with Crippen molar-refractivity contribution in [1.29, 1.82) is 0 Å². The van der Waals surface area contributed by atoms with Gasteiger partial charge in [-0.15, -0.1) is 5.10 Å². The topological polar surface area (TPSA) is 123 Å². The van der Waals surface area contributed by atoms with Crippen LogP contribution >= 0.6 is 0 Å². The second-order valence-electron chi connectivity index (χ2n) is 9.57. The highest BCUT2D eigenvalue weighted by molar-refractivity contribution is 5.85. The lowest BCUT2D eigenvalue weighted by molar-refractivity contribution is -0.123. The number of H-pyrrole nitrogens is 1. The van der Waals surface area contributed by atoms with E-state index in [-0.39, 0.29) is 24.1 Å². The van der Waals surface area contributed by atoms with E-state index in [0.29, 0.717) is 17.7 Å². The Bertz CT molecular complexity index is 1140. The molecule has 3 fully saturated rings. The van der Waals surface area contributed by atoms with Gasteiger partial charge in [0.2, 0.25) is 11.9 Å². The average Bonchev–Trinajstić information content (AvgIpc) is 3.20. The zero-order valence-corrected chi connectivity index (χ0v) is 18.6. The number of rotatable bonds is 6. The van der Waals surface area contributed by atoms with Crippen LogP contribution in [-0.4, -0.2) is 60.5 Å². The highest BCUT2D eigenvalue weighted by Crippen LogP contribution is 2.39. The van der Waals surface area contributed by atoms with Crippen molar-refractivity contribution in [1.82, 2.24) is 30.1 Å². The number of aromatic amines is 1. The third kappa shape index (κ3) is 4.15. The first kappa shape index (κ1) is 20.5. The molecule has 0 unspecified atom stereocenters. The Kier molecular flexibility index (Phi) is 5.17. The lowest BCUT2D eigenvalue weighted by atomic mass is 9.93. The molecule has 33 heavy (non-hydrogen) atoms. The molecule has 4 N–H and O–H groups in total. The van der Waals surface area contributed by atoms with Crippen LogP contribution in [0.5, 0.6) is 0 Å². The number of aliphatic hydroxyl groups is 1. The van der Waals surface area contributed by atoms with Gasteiger partial charge in [0, 0.05) is 36.5 Å². The molecule has 0 radical (unpaired) electrons. The summed E-state index contributed by atoms with van der Waals surface area (Å²) >= 11 is 0. The fraction of sp³-hybridized carbons (Fsp3) is 0.565. The maximum absolute atomic E-state index is 13.1. The number of carbonyl (C=O) groups excluding carboxylic acids is 1. The first-order valence-corrected chi connectivity index (χ1v) is 12.1. The molecular weight excluding hydrogens is 420 g/mol. The molecule has 0 aromatic carbocycles. The van der Waals surface area contributed by atoms with Crippen molar-refractivity contribution in [3.63, 3.8) is 0 Å². The number of aromatic nitrogens is 5. The molecule has 1 atom stereocenters. The molecule has 3 aromatic heterocycles. The third-order valence-corrected chi connectivity index (χ3v) is 7.10. The van der Waals surface area contributed by atoms with Crippen LogP contribution in [0.25, 0.3) is 5.52 Å². The fourth-order valence-corrected chi connectivity index (χ4v) is 5.06. The van der Waals surface area contributed by atoms with Gasteiger partial charge in [0.1, 0.15) is 11.6 Å². The van der Waals surface area contributed by atoms with E-state index in [4.69, 9.17) is 10.1 Å². The van der Waals surface area contributed by atoms with Gasteiger partial charge < -0.3 is 20.6 Å². The second-order valence-corrected chi connectivity index (χ2v) is 9.57. The zero-order valence-electron chi connectivity index (χ0n) is 18.6. The van der Waals surface area contributed by atoms with E-state index >= 15 is 0 Å². The van der Waals surface area contributed by atoms with Gasteiger partial charge in [-0.25, -0.2) is 4.52 Å². The average molecular weight is 451 g/mol. The number of anilines is 3. The van der Waals surface area contributed by atoms with E-state index in [0.717, 1.165) is 62.1 Å². The van der Waals surface area contributed by atoms with E-state index in [1.807, 2.05) is 29.3 Å². The molecule has 6 rings (SSSR count). The number of hydrogen-bond donors (Lipinski definition) is 4. The molecule has 3 aliphatic rings. The van der Waals surface area contributed by atoms with Gasteiger partial charge in [-0.2, -0.15) is 10.1 Å². The molecule has 10 heteroatoms. The summed E-state index contributed by atoms with van der Waals surface area (Å²) in [5.41, 5.74) is 2.01. The summed E-state index contributed by atoms with van der Waals surface area (Å²) in [5.74, 6) is 2.57. The van der Waals surface area contributed by atoms with Gasteiger partial charge >= 0.3 is 0 Å². The van der Waals surface area contributed by atoms with Crippen LogP contribution in [0.1, 0.15) is 63.0 Å². The van der Waals surface area contributed by atoms with Crippen molar-refractivity contribution < 1.29 is 9.90 Å². The monoisotopic (exact) mass is 450 g/mol. The SMILES string of the molecule is O=C(N[C@H]1CC[C@@H](O)CC1)[C@@H]1CCCN1c1nc(Nc2cc(C3CC3)[nH]n2)c2cccn2n1. The van der Waals surface area contributed by atoms with Crippen LogP contribution < -0.4 is 15.5 Å². The predicted molar refractivity (Wildman–Crippen MR) is 124 cm³/mol. The zero-order chi connectivity index (χ0) is 22.4. The summed E-state index contributed by atoms with van der Waals surface area (Å²) in [5, 5.41) is 28.5. The van der Waals surface area contributed by atoms with Gasteiger partial charge in [-0.1, -0.05) is 0 Å². The van der Waals surface area contributed by atoms with E-state index in [2.05, 4.69) is 20.8 Å². The highest BCUT2D eigenvalue weighted by Gasteiger charge is 2.35. The Morgan fingerprint density at radius 3 is 2.82 bits per heavy atom. The Morgan fingerprint density at radius 1 is 1.15 bits per heavy atom. The van der Waals surface area contributed by atoms with Crippen LogP contribution in [0.3, 0.4) is 0 Å². The quantitative estimate of drug-likeness (QED) is 0.455. The molecule has 174 valence electrons. The van der Waals surface area contributed by atoms with Gasteiger partial charge in [-0.05, 0) is 63.5 Å². The van der Waals surface area contributed by atoms with E-state index < -0.39 is 0 Å². The predicted octanol–water partition coefficient (Wildman–Crippen LogP) is 2.46. The largest absolute Gasteiger partial charge is 0.393 e. The van der Waals surface area contributed by atoms with E-state index in [1.165, 1.54) is 12.8 Å². The van der Waals surface area contributed by atoms with Crippen LogP contribution in [0, 0.1) is 0 Å². The van der Waals surface area contributed by atoms with E-state index in [9.17, 15) is 9.90 Å². The maximum atomic E-state index is 13.1. The van der Waals surface area contributed by atoms with Crippen LogP contribution in [0.4, 0.5) is 17.6 Å². The molecule has 10 nitrogen and oxygen atoms in total. The van der Waals surface area contributed by atoms with Gasteiger partial charge in [0.05, 0.1) is 6.10 Å². The van der Waals surface area contributed by atoms with Crippen LogP contribution in [0.15, 0.2) is 24.4 Å².